The van der Waals surface area contributed by atoms with Crippen LogP contribution in [0.5, 0.6) is 0 Å². The minimum absolute atomic E-state index is 0.0911. The Balaban J connectivity index is 4.31. The Morgan fingerprint density at radius 3 is 0.805 bits per heavy atom. The van der Waals surface area contributed by atoms with Crippen LogP contribution in [0.15, 0.2) is 134 Å². The number of allylic oxidation sites excluding steroid dienone is 22. The van der Waals surface area contributed by atoms with E-state index in [1.54, 1.807) is 0 Å². The van der Waals surface area contributed by atoms with Crippen LogP contribution in [0, 0.1) is 0 Å². The van der Waals surface area contributed by atoms with Gasteiger partial charge in [-0.15, -0.1) is 0 Å². The van der Waals surface area contributed by atoms with Crippen LogP contribution >= 0.6 is 0 Å². The second-order valence-electron chi connectivity index (χ2n) is 20.6. The van der Waals surface area contributed by atoms with E-state index in [4.69, 9.17) is 14.2 Å². The normalized spacial score (nSPS) is 13.0. The van der Waals surface area contributed by atoms with Crippen LogP contribution < -0.4 is 0 Å². The van der Waals surface area contributed by atoms with Crippen molar-refractivity contribution >= 4 is 17.9 Å². The summed E-state index contributed by atoms with van der Waals surface area (Å²) in [5, 5.41) is 0. The van der Waals surface area contributed by atoms with Crippen molar-refractivity contribution in [1.29, 1.82) is 0 Å². The summed E-state index contributed by atoms with van der Waals surface area (Å²) in [6, 6.07) is 0. The number of rotatable bonds is 56. The molecule has 0 aliphatic carbocycles. The lowest BCUT2D eigenvalue weighted by Gasteiger charge is -2.18. The molecular formula is C71H116O6. The predicted octanol–water partition coefficient (Wildman–Crippen LogP) is 21.8. The topological polar surface area (TPSA) is 78.9 Å². The maximum Gasteiger partial charge on any atom is 0.306 e. The van der Waals surface area contributed by atoms with Gasteiger partial charge in [-0.2, -0.15) is 0 Å². The van der Waals surface area contributed by atoms with Gasteiger partial charge in [-0.05, 0) is 116 Å². The molecule has 0 saturated carbocycles. The Labute approximate surface area is 475 Å². The van der Waals surface area contributed by atoms with Gasteiger partial charge in [0, 0.05) is 19.3 Å². The number of carbonyl (C=O) groups is 3. The van der Waals surface area contributed by atoms with Crippen molar-refractivity contribution in [2.75, 3.05) is 13.2 Å². The lowest BCUT2D eigenvalue weighted by Crippen LogP contribution is -2.30. The third-order valence-electron chi connectivity index (χ3n) is 13.2. The molecule has 1 unspecified atom stereocenters. The molecule has 1 atom stereocenters. The van der Waals surface area contributed by atoms with Gasteiger partial charge in [-0.3, -0.25) is 14.4 Å². The first kappa shape index (κ1) is 72.5. The van der Waals surface area contributed by atoms with Gasteiger partial charge < -0.3 is 14.2 Å². The van der Waals surface area contributed by atoms with E-state index in [9.17, 15) is 14.4 Å². The number of hydrogen-bond donors (Lipinski definition) is 0. The van der Waals surface area contributed by atoms with Crippen LogP contribution in [-0.4, -0.2) is 37.2 Å². The van der Waals surface area contributed by atoms with Crippen molar-refractivity contribution in [2.45, 2.75) is 284 Å². The molecule has 0 aromatic rings. The summed E-state index contributed by atoms with van der Waals surface area (Å²) in [6.07, 6.45) is 90.4. The number of esters is 3. The summed E-state index contributed by atoms with van der Waals surface area (Å²) in [6.45, 7) is 6.37. The summed E-state index contributed by atoms with van der Waals surface area (Å²) in [5.41, 5.74) is 0. The molecule has 436 valence electrons. The number of hydrogen-bond acceptors (Lipinski definition) is 6. The molecule has 0 saturated heterocycles. The molecule has 0 aliphatic heterocycles. The number of unbranched alkanes of at least 4 members (excludes halogenated alkanes) is 23. The van der Waals surface area contributed by atoms with Crippen molar-refractivity contribution in [3.05, 3.63) is 134 Å². The average molecular weight is 1070 g/mol. The van der Waals surface area contributed by atoms with Crippen molar-refractivity contribution in [3.63, 3.8) is 0 Å². The minimum Gasteiger partial charge on any atom is -0.462 e. The third kappa shape index (κ3) is 62.3. The molecule has 0 aromatic carbocycles. The molecule has 0 N–H and O–H groups in total. The van der Waals surface area contributed by atoms with Crippen LogP contribution in [0.1, 0.15) is 278 Å². The van der Waals surface area contributed by atoms with Crippen LogP contribution in [0.25, 0.3) is 0 Å². The van der Waals surface area contributed by atoms with Crippen molar-refractivity contribution in [2.24, 2.45) is 0 Å². The second-order valence-corrected chi connectivity index (χ2v) is 20.6. The number of carbonyl (C=O) groups excluding carboxylic acids is 3. The predicted molar refractivity (Wildman–Crippen MR) is 334 cm³/mol. The molecule has 0 heterocycles. The molecule has 77 heavy (non-hydrogen) atoms. The molecule has 0 amide bonds. The van der Waals surface area contributed by atoms with Gasteiger partial charge in [0.2, 0.25) is 0 Å². The van der Waals surface area contributed by atoms with Crippen molar-refractivity contribution < 1.29 is 28.6 Å². The highest BCUT2D eigenvalue weighted by molar-refractivity contribution is 5.71. The van der Waals surface area contributed by atoms with Gasteiger partial charge in [0.05, 0.1) is 0 Å². The Hall–Kier alpha value is -4.45. The minimum atomic E-state index is -0.796. The zero-order chi connectivity index (χ0) is 55.7. The molecule has 0 rings (SSSR count). The first-order valence-corrected chi connectivity index (χ1v) is 31.7. The molecule has 6 nitrogen and oxygen atoms in total. The lowest BCUT2D eigenvalue weighted by molar-refractivity contribution is -0.167. The van der Waals surface area contributed by atoms with E-state index >= 15 is 0 Å². The average Bonchev–Trinajstić information content (AvgIpc) is 3.43. The van der Waals surface area contributed by atoms with E-state index in [-0.39, 0.29) is 31.1 Å². The molecule has 6 heteroatoms. The van der Waals surface area contributed by atoms with Gasteiger partial charge in [-0.25, -0.2) is 0 Å². The summed E-state index contributed by atoms with van der Waals surface area (Å²) in [5.74, 6) is -0.928. The van der Waals surface area contributed by atoms with Gasteiger partial charge >= 0.3 is 17.9 Å². The molecule has 0 radical (unpaired) electrons. The summed E-state index contributed by atoms with van der Waals surface area (Å²) in [4.78, 5) is 38.2. The molecule has 0 bridgehead atoms. The van der Waals surface area contributed by atoms with E-state index in [1.807, 2.05) is 0 Å². The monoisotopic (exact) mass is 1060 g/mol. The fourth-order valence-corrected chi connectivity index (χ4v) is 8.47. The maximum absolute atomic E-state index is 12.9. The van der Waals surface area contributed by atoms with E-state index in [1.165, 1.54) is 103 Å². The first-order chi connectivity index (χ1) is 38.0. The molecule has 0 fully saturated rings. The van der Waals surface area contributed by atoms with Crippen molar-refractivity contribution in [1.82, 2.24) is 0 Å². The van der Waals surface area contributed by atoms with Gasteiger partial charge in [0.15, 0.2) is 6.10 Å². The van der Waals surface area contributed by atoms with E-state index < -0.39 is 6.10 Å². The first-order valence-electron chi connectivity index (χ1n) is 31.7. The van der Waals surface area contributed by atoms with Crippen molar-refractivity contribution in [3.8, 4) is 0 Å². The van der Waals surface area contributed by atoms with E-state index in [0.717, 1.165) is 135 Å². The fraction of sp³-hybridized carbons (Fsp3) is 0.648. The fourth-order valence-electron chi connectivity index (χ4n) is 8.47. The maximum atomic E-state index is 12.9. The van der Waals surface area contributed by atoms with Crippen LogP contribution in [0.3, 0.4) is 0 Å². The Morgan fingerprint density at radius 2 is 0.506 bits per heavy atom. The Bertz CT molecular complexity index is 1650. The third-order valence-corrected chi connectivity index (χ3v) is 13.2. The van der Waals surface area contributed by atoms with Gasteiger partial charge in [0.1, 0.15) is 13.2 Å². The largest absolute Gasteiger partial charge is 0.462 e. The highest BCUT2D eigenvalue weighted by atomic mass is 16.6. The lowest BCUT2D eigenvalue weighted by atomic mass is 10.0. The molecule has 0 aliphatic rings. The van der Waals surface area contributed by atoms with Gasteiger partial charge in [-0.1, -0.05) is 276 Å². The quantitative estimate of drug-likeness (QED) is 0.0261. The zero-order valence-corrected chi connectivity index (χ0v) is 49.9. The summed E-state index contributed by atoms with van der Waals surface area (Å²) in [7, 11) is 0. The van der Waals surface area contributed by atoms with E-state index in [2.05, 4.69) is 154 Å². The molecule has 0 spiro atoms. The highest BCUT2D eigenvalue weighted by Crippen LogP contribution is 2.15. The number of ether oxygens (including phenoxy) is 3. The Kier molecular flexibility index (Phi) is 60.4. The van der Waals surface area contributed by atoms with Crippen LogP contribution in [0.4, 0.5) is 0 Å². The summed E-state index contributed by atoms with van der Waals surface area (Å²) < 4.78 is 16.9. The summed E-state index contributed by atoms with van der Waals surface area (Å²) >= 11 is 0. The zero-order valence-electron chi connectivity index (χ0n) is 49.9. The SMILES string of the molecule is CC/C=C\C/C=C\C/C=C\C/C=C\C/C=C\C/C=C\C/C=C\CCCCCC(=O)OCC(COC(=O)CCCCCCCCCCC)OC(=O)CCCCCCCCCCCCCC/C=C\C/C=C\C/C=C\C/C=C\CC. The second kappa shape index (κ2) is 64.1. The molecular weight excluding hydrogens is 949 g/mol. The van der Waals surface area contributed by atoms with E-state index in [0.29, 0.717) is 19.3 Å². The standard InChI is InChI=1S/C71H116O6/c1-4-7-10-13-16-19-21-23-25-27-29-31-33-35-37-39-41-43-45-47-49-52-55-58-61-64-70(73)76-67-68(66-75-69(72)63-60-57-54-51-18-15-12-9-6-3)77-71(74)65-62-59-56-53-50-48-46-44-42-40-38-36-34-32-30-28-26-24-22-20-17-14-11-8-5-2/h7-8,10-11,16-17,19-20,23-26,29-32,35,37,41,43,47,49,68H,4-6,9,12-15,18,21-22,27-28,33-34,36,38-40,42,44-46,48,50-67H2,1-3H3/b10-7-,11-8-,19-16-,20-17-,25-23-,26-24-,31-29-,32-30-,37-35-,43-41-,49-47-. The Morgan fingerprint density at radius 1 is 0.273 bits per heavy atom. The van der Waals surface area contributed by atoms with Crippen LogP contribution in [-0.2, 0) is 28.6 Å². The smallest absolute Gasteiger partial charge is 0.306 e. The van der Waals surface area contributed by atoms with Crippen LogP contribution in [0.2, 0.25) is 0 Å². The molecule has 0 aromatic heterocycles. The van der Waals surface area contributed by atoms with Gasteiger partial charge in [0.25, 0.3) is 0 Å². The highest BCUT2D eigenvalue weighted by Gasteiger charge is 2.19.